The van der Waals surface area contributed by atoms with Crippen LogP contribution < -0.4 is 11.1 Å². The summed E-state index contributed by atoms with van der Waals surface area (Å²) < 4.78 is 0. The second-order valence-corrected chi connectivity index (χ2v) is 5.75. The molecular weight excluding hydrogens is 252 g/mol. The molecule has 0 radical (unpaired) electrons. The minimum absolute atomic E-state index is 0.00973. The van der Waals surface area contributed by atoms with Crippen LogP contribution in [0.15, 0.2) is 0 Å². The van der Waals surface area contributed by atoms with E-state index >= 15 is 0 Å². The second-order valence-electron chi connectivity index (χ2n) is 4.72. The van der Waals surface area contributed by atoms with Gasteiger partial charge in [0, 0.05) is 11.8 Å². The zero-order valence-electron chi connectivity index (χ0n) is 10.6. The summed E-state index contributed by atoms with van der Waals surface area (Å²) >= 11 is 1.27. The van der Waals surface area contributed by atoms with E-state index in [4.69, 9.17) is 10.8 Å². The molecule has 104 valence electrons. The first-order valence-electron chi connectivity index (χ1n) is 6.45. The predicted molar refractivity (Wildman–Crippen MR) is 72.6 cm³/mol. The second kappa shape index (κ2) is 8.37. The molecule has 1 rings (SSSR count). The van der Waals surface area contributed by atoms with Crippen molar-refractivity contribution in [1.29, 1.82) is 0 Å². The van der Waals surface area contributed by atoms with E-state index in [1.54, 1.807) is 0 Å². The van der Waals surface area contributed by atoms with Gasteiger partial charge in [0.05, 0.1) is 5.75 Å². The fourth-order valence-corrected chi connectivity index (χ4v) is 2.83. The Labute approximate surface area is 112 Å². The molecule has 1 fully saturated rings. The Hall–Kier alpha value is -0.750. The van der Waals surface area contributed by atoms with Crippen LogP contribution in [-0.4, -0.2) is 40.6 Å². The van der Waals surface area contributed by atoms with Gasteiger partial charge >= 0.3 is 5.97 Å². The van der Waals surface area contributed by atoms with E-state index in [9.17, 15) is 9.59 Å². The monoisotopic (exact) mass is 274 g/mol. The highest BCUT2D eigenvalue weighted by atomic mass is 32.2. The number of nitrogens with two attached hydrogens (primary N) is 1. The van der Waals surface area contributed by atoms with Crippen LogP contribution in [-0.2, 0) is 9.59 Å². The average molecular weight is 274 g/mol. The number of carbonyl (C=O) groups excluding carboxylic acids is 1. The summed E-state index contributed by atoms with van der Waals surface area (Å²) in [5.74, 6) is -0.471. The van der Waals surface area contributed by atoms with Gasteiger partial charge in [-0.15, -0.1) is 11.8 Å². The molecular formula is C12H22N2O3S. The molecule has 1 aliphatic rings. The molecule has 0 heterocycles. The van der Waals surface area contributed by atoms with Crippen LogP contribution in [0.2, 0.25) is 0 Å². The van der Waals surface area contributed by atoms with Crippen LogP contribution in [0.3, 0.4) is 0 Å². The van der Waals surface area contributed by atoms with Crippen molar-refractivity contribution in [3.05, 3.63) is 0 Å². The van der Waals surface area contributed by atoms with Gasteiger partial charge in [-0.2, -0.15) is 0 Å². The lowest BCUT2D eigenvalue weighted by Crippen LogP contribution is -2.37. The molecule has 5 nitrogen and oxygen atoms in total. The molecule has 18 heavy (non-hydrogen) atoms. The number of aliphatic carboxylic acids is 1. The molecule has 1 atom stereocenters. The Kier molecular flexibility index (Phi) is 7.12. The molecule has 6 heteroatoms. The Bertz CT molecular complexity index is 278. The third-order valence-electron chi connectivity index (χ3n) is 3.07. The van der Waals surface area contributed by atoms with Crippen LogP contribution in [0.1, 0.15) is 38.5 Å². The molecule has 0 unspecified atom stereocenters. The van der Waals surface area contributed by atoms with E-state index in [0.29, 0.717) is 6.04 Å². The third-order valence-corrected chi connectivity index (χ3v) is 4.13. The summed E-state index contributed by atoms with van der Waals surface area (Å²) in [6.07, 6.45) is 7.00. The van der Waals surface area contributed by atoms with Crippen molar-refractivity contribution in [2.75, 3.05) is 11.5 Å². The standard InChI is InChI=1S/C12H22N2O3S/c13-10(12(16)17)7-18-8-11(15)14-9-5-3-1-2-4-6-9/h9-10H,1-8,13H2,(H,14,15)(H,16,17)/t10-/m0/s1. The Balaban J connectivity index is 2.14. The number of rotatable bonds is 6. The maximum absolute atomic E-state index is 11.7. The fourth-order valence-electron chi connectivity index (χ4n) is 2.04. The van der Waals surface area contributed by atoms with Gasteiger partial charge in [-0.05, 0) is 12.8 Å². The third kappa shape index (κ3) is 6.26. The summed E-state index contributed by atoms with van der Waals surface area (Å²) in [5, 5.41) is 11.6. The number of amides is 1. The molecule has 4 N–H and O–H groups in total. The molecule has 0 aliphatic heterocycles. The minimum atomic E-state index is -1.02. The number of carboxylic acid groups (broad SMARTS) is 1. The van der Waals surface area contributed by atoms with Crippen LogP contribution >= 0.6 is 11.8 Å². The van der Waals surface area contributed by atoms with E-state index < -0.39 is 12.0 Å². The highest BCUT2D eigenvalue weighted by molar-refractivity contribution is 8.00. The normalized spacial score (nSPS) is 18.9. The van der Waals surface area contributed by atoms with Gasteiger partial charge in [0.15, 0.2) is 0 Å². The van der Waals surface area contributed by atoms with Crippen LogP contribution in [0.5, 0.6) is 0 Å². The quantitative estimate of drug-likeness (QED) is 0.628. The van der Waals surface area contributed by atoms with Crippen molar-refractivity contribution in [2.45, 2.75) is 50.6 Å². The van der Waals surface area contributed by atoms with Crippen LogP contribution in [0.25, 0.3) is 0 Å². The Morgan fingerprint density at radius 2 is 1.89 bits per heavy atom. The minimum Gasteiger partial charge on any atom is -0.480 e. The van der Waals surface area contributed by atoms with Crippen molar-refractivity contribution >= 4 is 23.6 Å². The lowest BCUT2D eigenvalue weighted by Gasteiger charge is -2.16. The number of hydrogen-bond acceptors (Lipinski definition) is 4. The molecule has 1 aliphatic carbocycles. The average Bonchev–Trinajstić information content (AvgIpc) is 2.57. The number of thioether (sulfide) groups is 1. The van der Waals surface area contributed by atoms with E-state index in [2.05, 4.69) is 5.32 Å². The molecule has 0 bridgehead atoms. The summed E-state index contributed by atoms with van der Waals surface area (Å²) in [6.45, 7) is 0. The van der Waals surface area contributed by atoms with Gasteiger partial charge in [0.2, 0.25) is 5.91 Å². The van der Waals surface area contributed by atoms with E-state index in [1.165, 1.54) is 37.4 Å². The van der Waals surface area contributed by atoms with Gasteiger partial charge < -0.3 is 16.2 Å². The topological polar surface area (TPSA) is 92.4 Å². The van der Waals surface area contributed by atoms with Gasteiger partial charge in [-0.1, -0.05) is 25.7 Å². The maximum atomic E-state index is 11.7. The SMILES string of the molecule is N[C@@H](CSCC(=O)NC1CCCCCC1)C(=O)O. The van der Waals surface area contributed by atoms with Crippen LogP contribution in [0, 0.1) is 0 Å². The smallest absolute Gasteiger partial charge is 0.321 e. The molecule has 0 saturated heterocycles. The van der Waals surface area contributed by atoms with E-state index in [-0.39, 0.29) is 17.4 Å². The predicted octanol–water partition coefficient (Wildman–Crippen LogP) is 0.970. The first-order chi connectivity index (χ1) is 8.59. The summed E-state index contributed by atoms with van der Waals surface area (Å²) in [4.78, 5) is 22.1. The zero-order valence-corrected chi connectivity index (χ0v) is 11.4. The molecule has 1 saturated carbocycles. The number of hydrogen-bond donors (Lipinski definition) is 3. The van der Waals surface area contributed by atoms with Crippen LogP contribution in [0.4, 0.5) is 0 Å². The molecule has 0 spiro atoms. The van der Waals surface area contributed by atoms with Crippen molar-refractivity contribution in [1.82, 2.24) is 5.32 Å². The lowest BCUT2D eigenvalue weighted by molar-refractivity contribution is -0.138. The number of carboxylic acids is 1. The van der Waals surface area contributed by atoms with E-state index in [0.717, 1.165) is 12.8 Å². The first-order valence-corrected chi connectivity index (χ1v) is 7.60. The lowest BCUT2D eigenvalue weighted by atomic mass is 10.1. The summed E-state index contributed by atoms with van der Waals surface area (Å²) in [6, 6.07) is -0.588. The first kappa shape index (κ1) is 15.3. The van der Waals surface area contributed by atoms with Gasteiger partial charge in [-0.3, -0.25) is 9.59 Å². The largest absolute Gasteiger partial charge is 0.480 e. The van der Waals surface area contributed by atoms with Crippen molar-refractivity contribution in [2.24, 2.45) is 5.73 Å². The number of nitrogens with one attached hydrogen (secondary N) is 1. The summed E-state index contributed by atoms with van der Waals surface area (Å²) in [5.41, 5.74) is 5.36. The molecule has 0 aromatic carbocycles. The van der Waals surface area contributed by atoms with E-state index in [1.807, 2.05) is 0 Å². The summed E-state index contributed by atoms with van der Waals surface area (Å²) in [7, 11) is 0. The van der Waals surface area contributed by atoms with Gasteiger partial charge in [-0.25, -0.2) is 0 Å². The Morgan fingerprint density at radius 3 is 2.44 bits per heavy atom. The van der Waals surface area contributed by atoms with Gasteiger partial charge in [0.25, 0.3) is 0 Å². The highest BCUT2D eigenvalue weighted by Gasteiger charge is 2.16. The number of carbonyl (C=O) groups is 2. The molecule has 1 amide bonds. The zero-order chi connectivity index (χ0) is 13.4. The highest BCUT2D eigenvalue weighted by Crippen LogP contribution is 2.17. The van der Waals surface area contributed by atoms with Crippen molar-refractivity contribution < 1.29 is 14.7 Å². The Morgan fingerprint density at radius 1 is 1.28 bits per heavy atom. The van der Waals surface area contributed by atoms with Crippen molar-refractivity contribution in [3.63, 3.8) is 0 Å². The van der Waals surface area contributed by atoms with Crippen molar-refractivity contribution in [3.8, 4) is 0 Å². The van der Waals surface area contributed by atoms with Gasteiger partial charge in [0.1, 0.15) is 6.04 Å². The fraction of sp³-hybridized carbons (Fsp3) is 0.833. The maximum Gasteiger partial charge on any atom is 0.321 e. The molecule has 0 aromatic heterocycles. The molecule has 0 aromatic rings.